The Balaban J connectivity index is 1.50. The highest BCUT2D eigenvalue weighted by Gasteiger charge is 2.33. The summed E-state index contributed by atoms with van der Waals surface area (Å²) in [6.45, 7) is 11.8. The molecule has 35 heavy (non-hydrogen) atoms. The third-order valence-corrected chi connectivity index (χ3v) is 9.08. The van der Waals surface area contributed by atoms with Crippen molar-refractivity contribution >= 4 is 33.2 Å². The third kappa shape index (κ3) is 4.95. The van der Waals surface area contributed by atoms with Crippen molar-refractivity contribution in [2.24, 2.45) is 5.92 Å². The molecule has 1 saturated heterocycles. The molecule has 6 nitrogen and oxygen atoms in total. The summed E-state index contributed by atoms with van der Waals surface area (Å²) in [5.41, 5.74) is 4.22. The molecule has 0 saturated carbocycles. The Kier molecular flexibility index (Phi) is 6.85. The highest BCUT2D eigenvalue weighted by molar-refractivity contribution is 7.85. The fraction of sp³-hybridized carbons (Fsp3) is 0.385. The molecule has 3 heterocycles. The van der Waals surface area contributed by atoms with Gasteiger partial charge < -0.3 is 0 Å². The van der Waals surface area contributed by atoms with Gasteiger partial charge in [0.1, 0.15) is 21.0 Å². The van der Waals surface area contributed by atoms with E-state index >= 15 is 0 Å². The second-order valence-electron chi connectivity index (χ2n) is 9.54. The lowest BCUT2D eigenvalue weighted by molar-refractivity contribution is 0.107. The van der Waals surface area contributed by atoms with E-state index < -0.39 is 11.0 Å². The van der Waals surface area contributed by atoms with Gasteiger partial charge in [0.05, 0.1) is 28.6 Å². The van der Waals surface area contributed by atoms with Crippen molar-refractivity contribution in [3.8, 4) is 5.69 Å². The van der Waals surface area contributed by atoms with Crippen LogP contribution in [0.3, 0.4) is 0 Å². The van der Waals surface area contributed by atoms with Gasteiger partial charge >= 0.3 is 0 Å². The van der Waals surface area contributed by atoms with Gasteiger partial charge in [0.25, 0.3) is 0 Å². The molecule has 0 aliphatic carbocycles. The van der Waals surface area contributed by atoms with Crippen molar-refractivity contribution in [1.29, 1.82) is 0 Å². The van der Waals surface area contributed by atoms with E-state index in [0.29, 0.717) is 12.5 Å². The largest absolute Gasteiger partial charge is 0.293 e. The zero-order valence-electron chi connectivity index (χ0n) is 20.4. The Bertz CT molecular complexity index is 1360. The Morgan fingerprint density at radius 2 is 1.91 bits per heavy atom. The van der Waals surface area contributed by atoms with Crippen molar-refractivity contribution in [3.63, 3.8) is 0 Å². The van der Waals surface area contributed by atoms with E-state index in [1.54, 1.807) is 18.3 Å². The Morgan fingerprint density at radius 3 is 2.60 bits per heavy atom. The Hall–Kier alpha value is -2.46. The minimum atomic E-state index is -1.21. The van der Waals surface area contributed by atoms with Crippen LogP contribution in [-0.4, -0.2) is 54.4 Å². The number of hydrogen-bond donors (Lipinski definition) is 0. The predicted molar refractivity (Wildman–Crippen MR) is 140 cm³/mol. The molecule has 184 valence electrons. The predicted octanol–water partition coefficient (Wildman–Crippen LogP) is 5.28. The van der Waals surface area contributed by atoms with E-state index in [-0.39, 0.29) is 11.9 Å². The molecular formula is C26H30FN5OS2. The highest BCUT2D eigenvalue weighted by Crippen LogP contribution is 2.34. The number of hydrogen-bond acceptors (Lipinski definition) is 5. The lowest BCUT2D eigenvalue weighted by Crippen LogP contribution is -2.49. The van der Waals surface area contributed by atoms with Crippen LogP contribution in [0.25, 0.3) is 16.6 Å². The number of aryl methyl sites for hydroxylation is 2. The van der Waals surface area contributed by atoms with Gasteiger partial charge in [0.15, 0.2) is 0 Å². The zero-order valence-corrected chi connectivity index (χ0v) is 22.1. The summed E-state index contributed by atoms with van der Waals surface area (Å²) in [6, 6.07) is 10.9. The summed E-state index contributed by atoms with van der Waals surface area (Å²) < 4.78 is 31.5. The average molecular weight is 512 g/mol. The molecule has 0 N–H and O–H groups in total. The number of benzene rings is 2. The fourth-order valence-corrected chi connectivity index (χ4v) is 7.21. The molecule has 0 radical (unpaired) electrons. The van der Waals surface area contributed by atoms with Crippen LogP contribution in [-0.2, 0) is 11.0 Å². The van der Waals surface area contributed by atoms with Gasteiger partial charge in [-0.25, -0.2) is 22.6 Å². The van der Waals surface area contributed by atoms with Crippen LogP contribution >= 0.6 is 11.3 Å². The van der Waals surface area contributed by atoms with E-state index in [9.17, 15) is 8.60 Å². The van der Waals surface area contributed by atoms with Crippen LogP contribution in [0.5, 0.6) is 0 Å². The number of halogens is 1. The molecule has 2 unspecified atom stereocenters. The average Bonchev–Trinajstić information content (AvgIpc) is 3.44. The van der Waals surface area contributed by atoms with E-state index in [4.69, 9.17) is 0 Å². The first-order chi connectivity index (χ1) is 16.8. The van der Waals surface area contributed by atoms with E-state index in [2.05, 4.69) is 52.2 Å². The van der Waals surface area contributed by atoms with Gasteiger partial charge in [-0.1, -0.05) is 13.8 Å². The van der Waals surface area contributed by atoms with Gasteiger partial charge in [-0.3, -0.25) is 4.90 Å². The summed E-state index contributed by atoms with van der Waals surface area (Å²) in [5.74, 6) is 0.269. The van der Waals surface area contributed by atoms with E-state index in [1.807, 2.05) is 17.8 Å². The molecule has 5 rings (SSSR count). The second-order valence-corrected chi connectivity index (χ2v) is 12.5. The summed E-state index contributed by atoms with van der Waals surface area (Å²) in [5, 5.41) is 6.56. The molecule has 1 fully saturated rings. The monoisotopic (exact) mass is 511 g/mol. The smallest absolute Gasteiger partial charge is 0.139 e. The number of fused-ring (bicyclic) bond motifs is 1. The topological polar surface area (TPSA) is 54.3 Å². The van der Waals surface area contributed by atoms with Gasteiger partial charge in [0.2, 0.25) is 0 Å². The quantitative estimate of drug-likeness (QED) is 0.354. The van der Waals surface area contributed by atoms with Gasteiger partial charge in [0, 0.05) is 37.6 Å². The molecule has 0 amide bonds. The van der Waals surface area contributed by atoms with Crippen LogP contribution in [0.15, 0.2) is 53.0 Å². The SMILES string of the molecule is Cc1ncc(S(=O)N2CCN(CC(C)C)C(c3cc4cnn(-c5ccc(F)cc5)c4cc3C)C2)s1. The number of aromatic nitrogens is 3. The molecule has 2 aromatic carbocycles. The minimum absolute atomic E-state index is 0.127. The van der Waals surface area contributed by atoms with Gasteiger partial charge in [-0.2, -0.15) is 5.10 Å². The summed E-state index contributed by atoms with van der Waals surface area (Å²) in [6.07, 6.45) is 3.61. The van der Waals surface area contributed by atoms with Gasteiger partial charge in [-0.05, 0) is 67.3 Å². The molecule has 1 aliphatic rings. The fourth-order valence-electron chi connectivity index (χ4n) is 4.82. The van der Waals surface area contributed by atoms with Crippen molar-refractivity contribution < 1.29 is 8.60 Å². The lowest BCUT2D eigenvalue weighted by Gasteiger charge is -2.42. The molecule has 2 aromatic heterocycles. The maximum atomic E-state index is 13.4. The molecule has 1 aliphatic heterocycles. The number of rotatable bonds is 6. The van der Waals surface area contributed by atoms with Crippen LogP contribution < -0.4 is 0 Å². The molecule has 2 atom stereocenters. The summed E-state index contributed by atoms with van der Waals surface area (Å²) >= 11 is 1.50. The lowest BCUT2D eigenvalue weighted by atomic mass is 9.96. The van der Waals surface area contributed by atoms with E-state index in [0.717, 1.165) is 45.4 Å². The van der Waals surface area contributed by atoms with Crippen LogP contribution in [0, 0.1) is 25.6 Å². The molecular weight excluding hydrogens is 481 g/mol. The van der Waals surface area contributed by atoms with Crippen LogP contribution in [0.4, 0.5) is 4.39 Å². The van der Waals surface area contributed by atoms with E-state index in [1.165, 1.54) is 34.6 Å². The van der Waals surface area contributed by atoms with Crippen LogP contribution in [0.1, 0.15) is 36.0 Å². The first-order valence-electron chi connectivity index (χ1n) is 11.9. The number of nitrogens with zero attached hydrogens (tertiary/aromatic N) is 5. The summed E-state index contributed by atoms with van der Waals surface area (Å²) in [7, 11) is -1.21. The molecule has 0 spiro atoms. The molecule has 9 heteroatoms. The maximum absolute atomic E-state index is 13.4. The molecule has 4 aromatic rings. The second kappa shape index (κ2) is 9.89. The first-order valence-corrected chi connectivity index (χ1v) is 13.8. The van der Waals surface area contributed by atoms with Crippen molar-refractivity contribution in [2.45, 2.75) is 37.9 Å². The highest BCUT2D eigenvalue weighted by atomic mass is 32.2. The zero-order chi connectivity index (χ0) is 24.7. The van der Waals surface area contributed by atoms with Crippen molar-refractivity contribution in [2.75, 3.05) is 26.2 Å². The normalized spacial score (nSPS) is 18.5. The first kappa shape index (κ1) is 24.2. The van der Waals surface area contributed by atoms with Crippen LogP contribution in [0.2, 0.25) is 0 Å². The Morgan fingerprint density at radius 1 is 1.14 bits per heavy atom. The Labute approximate surface area is 212 Å². The minimum Gasteiger partial charge on any atom is -0.293 e. The van der Waals surface area contributed by atoms with Gasteiger partial charge in [-0.15, -0.1) is 11.3 Å². The van der Waals surface area contributed by atoms with Crippen molar-refractivity contribution in [1.82, 2.24) is 24.0 Å². The standard InChI is InChI=1S/C26H30FN5OS2/c1-17(2)15-30-9-10-31(35(33)26-14-28-19(4)34-26)16-25(30)23-12-20-13-29-32(24(20)11-18(23)3)22-7-5-21(27)6-8-22/h5-8,11-14,17,25H,9-10,15-16H2,1-4H3. The summed E-state index contributed by atoms with van der Waals surface area (Å²) in [4.78, 5) is 6.83. The number of thiazole rings is 1. The number of piperazine rings is 1. The molecule has 0 bridgehead atoms. The maximum Gasteiger partial charge on any atom is 0.139 e. The third-order valence-electron chi connectivity index (χ3n) is 6.45. The van der Waals surface area contributed by atoms with Crippen molar-refractivity contribution in [3.05, 3.63) is 70.7 Å².